The van der Waals surface area contributed by atoms with Gasteiger partial charge in [0.1, 0.15) is 0 Å². The van der Waals surface area contributed by atoms with Crippen molar-refractivity contribution >= 4 is 11.7 Å². The molecule has 0 aliphatic carbocycles. The first-order chi connectivity index (χ1) is 7.63. The number of hydrogen-bond acceptors (Lipinski definition) is 4. The Hall–Kier alpha value is -0.940. The molecule has 5 nitrogen and oxygen atoms in total. The second-order valence-electron chi connectivity index (χ2n) is 4.15. The second-order valence-corrected chi connectivity index (χ2v) is 4.15. The number of carbonyl (C=O) groups is 2. The first kappa shape index (κ1) is 13.1. The second kappa shape index (κ2) is 6.60. The molecule has 1 amide bonds. The lowest BCUT2D eigenvalue weighted by Gasteiger charge is -2.16. The van der Waals surface area contributed by atoms with E-state index in [0.717, 1.165) is 6.42 Å². The molecule has 1 aliphatic heterocycles. The van der Waals surface area contributed by atoms with Crippen molar-refractivity contribution in [2.75, 3.05) is 39.9 Å². The van der Waals surface area contributed by atoms with E-state index in [-0.39, 0.29) is 24.2 Å². The van der Waals surface area contributed by atoms with Crippen LogP contribution in [0.1, 0.15) is 13.3 Å². The van der Waals surface area contributed by atoms with Crippen LogP contribution >= 0.6 is 0 Å². The van der Waals surface area contributed by atoms with Gasteiger partial charge in [-0.05, 0) is 20.4 Å². The van der Waals surface area contributed by atoms with Gasteiger partial charge in [-0.3, -0.25) is 14.5 Å². The molecular formula is C11H20N2O3. The average Bonchev–Trinajstić information content (AvgIpc) is 2.69. The van der Waals surface area contributed by atoms with E-state index in [2.05, 4.69) is 5.32 Å². The Morgan fingerprint density at radius 3 is 2.75 bits per heavy atom. The largest absolute Gasteiger partial charge is 0.381 e. The highest BCUT2D eigenvalue weighted by Gasteiger charge is 2.24. The van der Waals surface area contributed by atoms with Crippen LogP contribution in [0.5, 0.6) is 0 Å². The van der Waals surface area contributed by atoms with Crippen molar-refractivity contribution in [3.8, 4) is 0 Å². The first-order valence-electron chi connectivity index (χ1n) is 5.69. The SMILES string of the molecule is CCNC(=O)CN(C)CC(=O)C1CCOC1. The monoisotopic (exact) mass is 228 g/mol. The fraction of sp³-hybridized carbons (Fsp3) is 0.818. The van der Waals surface area contributed by atoms with Crippen molar-refractivity contribution in [3.63, 3.8) is 0 Å². The first-order valence-corrected chi connectivity index (χ1v) is 5.69. The number of amides is 1. The number of nitrogens with zero attached hydrogens (tertiary/aromatic N) is 1. The highest BCUT2D eigenvalue weighted by molar-refractivity contribution is 5.84. The topological polar surface area (TPSA) is 58.6 Å². The number of nitrogens with one attached hydrogen (secondary N) is 1. The summed E-state index contributed by atoms with van der Waals surface area (Å²) in [5, 5.41) is 2.70. The van der Waals surface area contributed by atoms with E-state index in [0.29, 0.717) is 26.3 Å². The molecule has 5 heteroatoms. The van der Waals surface area contributed by atoms with Crippen molar-refractivity contribution in [2.45, 2.75) is 13.3 Å². The van der Waals surface area contributed by atoms with E-state index in [4.69, 9.17) is 4.74 Å². The average molecular weight is 228 g/mol. The molecule has 0 radical (unpaired) electrons. The molecule has 1 fully saturated rings. The number of rotatable bonds is 6. The van der Waals surface area contributed by atoms with E-state index in [1.54, 1.807) is 11.9 Å². The molecule has 1 aliphatic rings. The Balaban J connectivity index is 2.24. The fourth-order valence-corrected chi connectivity index (χ4v) is 1.74. The van der Waals surface area contributed by atoms with Gasteiger partial charge in [0.15, 0.2) is 5.78 Å². The quantitative estimate of drug-likeness (QED) is 0.675. The molecule has 0 aromatic heterocycles. The summed E-state index contributed by atoms with van der Waals surface area (Å²) >= 11 is 0. The van der Waals surface area contributed by atoms with Gasteiger partial charge < -0.3 is 10.1 Å². The van der Waals surface area contributed by atoms with Gasteiger partial charge in [-0.1, -0.05) is 0 Å². The lowest BCUT2D eigenvalue weighted by molar-refractivity contribution is -0.125. The van der Waals surface area contributed by atoms with Crippen molar-refractivity contribution in [1.29, 1.82) is 0 Å². The summed E-state index contributed by atoms with van der Waals surface area (Å²) in [6.07, 6.45) is 0.813. The van der Waals surface area contributed by atoms with Gasteiger partial charge in [-0.2, -0.15) is 0 Å². The van der Waals surface area contributed by atoms with E-state index >= 15 is 0 Å². The third-order valence-electron chi connectivity index (χ3n) is 2.60. The summed E-state index contributed by atoms with van der Waals surface area (Å²) in [6, 6.07) is 0. The van der Waals surface area contributed by atoms with Crippen LogP contribution < -0.4 is 5.32 Å². The Morgan fingerprint density at radius 2 is 2.19 bits per heavy atom. The van der Waals surface area contributed by atoms with E-state index in [9.17, 15) is 9.59 Å². The third kappa shape index (κ3) is 4.28. The van der Waals surface area contributed by atoms with Crippen LogP contribution in [-0.4, -0.2) is 56.5 Å². The maximum atomic E-state index is 11.7. The number of ketones is 1. The number of ether oxygens (including phenoxy) is 1. The van der Waals surface area contributed by atoms with Crippen LogP contribution in [0.3, 0.4) is 0 Å². The zero-order valence-corrected chi connectivity index (χ0v) is 9.99. The Labute approximate surface area is 96.1 Å². The summed E-state index contributed by atoms with van der Waals surface area (Å²) in [5.41, 5.74) is 0. The van der Waals surface area contributed by atoms with Gasteiger partial charge in [0.2, 0.25) is 5.91 Å². The van der Waals surface area contributed by atoms with E-state index in [1.807, 2.05) is 6.92 Å². The fourth-order valence-electron chi connectivity index (χ4n) is 1.74. The Morgan fingerprint density at radius 1 is 1.44 bits per heavy atom. The van der Waals surface area contributed by atoms with Crippen molar-refractivity contribution in [1.82, 2.24) is 10.2 Å². The third-order valence-corrected chi connectivity index (χ3v) is 2.60. The van der Waals surface area contributed by atoms with Crippen molar-refractivity contribution < 1.29 is 14.3 Å². The number of Topliss-reactive ketones (excluding diaryl/α,β-unsaturated/α-hetero) is 1. The number of carbonyl (C=O) groups excluding carboxylic acids is 2. The molecule has 92 valence electrons. The molecule has 0 saturated carbocycles. The molecule has 1 rings (SSSR count). The van der Waals surface area contributed by atoms with Crippen LogP contribution in [0.2, 0.25) is 0 Å². The molecule has 0 bridgehead atoms. The highest BCUT2D eigenvalue weighted by atomic mass is 16.5. The molecule has 1 atom stereocenters. The maximum absolute atomic E-state index is 11.7. The molecule has 1 saturated heterocycles. The summed E-state index contributed by atoms with van der Waals surface area (Å²) in [7, 11) is 1.78. The Kier molecular flexibility index (Phi) is 5.42. The summed E-state index contributed by atoms with van der Waals surface area (Å²) in [4.78, 5) is 24.8. The minimum absolute atomic E-state index is 0.0247. The minimum atomic E-state index is -0.0412. The lowest BCUT2D eigenvalue weighted by atomic mass is 10.0. The standard InChI is InChI=1S/C11H20N2O3/c1-3-12-11(15)7-13(2)6-10(14)9-4-5-16-8-9/h9H,3-8H2,1-2H3,(H,12,15). The molecular weight excluding hydrogens is 208 g/mol. The molecule has 0 spiro atoms. The zero-order valence-electron chi connectivity index (χ0n) is 9.99. The summed E-state index contributed by atoms with van der Waals surface area (Å²) in [5.74, 6) is 0.154. The molecule has 1 unspecified atom stereocenters. The predicted octanol–water partition coefficient (Wildman–Crippen LogP) is -0.340. The highest BCUT2D eigenvalue weighted by Crippen LogP contribution is 2.13. The van der Waals surface area contributed by atoms with E-state index < -0.39 is 0 Å². The smallest absolute Gasteiger partial charge is 0.234 e. The summed E-state index contributed by atoms with van der Waals surface area (Å²) in [6.45, 7) is 4.30. The molecule has 1 heterocycles. The normalized spacial score (nSPS) is 20.1. The molecule has 0 aromatic rings. The van der Waals surface area contributed by atoms with Gasteiger partial charge in [0.05, 0.1) is 19.7 Å². The lowest BCUT2D eigenvalue weighted by Crippen LogP contribution is -2.38. The van der Waals surface area contributed by atoms with Crippen LogP contribution in [0.4, 0.5) is 0 Å². The maximum Gasteiger partial charge on any atom is 0.234 e. The zero-order chi connectivity index (χ0) is 12.0. The van der Waals surface area contributed by atoms with Gasteiger partial charge in [-0.15, -0.1) is 0 Å². The number of likely N-dealkylation sites (N-methyl/N-ethyl adjacent to an activating group) is 2. The Bertz CT molecular complexity index is 250. The molecule has 0 aromatic carbocycles. The van der Waals surface area contributed by atoms with Crippen molar-refractivity contribution in [2.24, 2.45) is 5.92 Å². The van der Waals surface area contributed by atoms with Crippen LogP contribution in [-0.2, 0) is 14.3 Å². The molecule has 16 heavy (non-hydrogen) atoms. The van der Waals surface area contributed by atoms with Crippen LogP contribution in [0, 0.1) is 5.92 Å². The van der Waals surface area contributed by atoms with Crippen molar-refractivity contribution in [3.05, 3.63) is 0 Å². The predicted molar refractivity (Wildman–Crippen MR) is 60.1 cm³/mol. The van der Waals surface area contributed by atoms with Gasteiger partial charge in [0.25, 0.3) is 0 Å². The molecule has 1 N–H and O–H groups in total. The van der Waals surface area contributed by atoms with Gasteiger partial charge in [0, 0.05) is 19.1 Å². The van der Waals surface area contributed by atoms with Crippen LogP contribution in [0.25, 0.3) is 0 Å². The van der Waals surface area contributed by atoms with Gasteiger partial charge >= 0.3 is 0 Å². The summed E-state index contributed by atoms with van der Waals surface area (Å²) < 4.78 is 5.16. The van der Waals surface area contributed by atoms with Gasteiger partial charge in [-0.25, -0.2) is 0 Å². The minimum Gasteiger partial charge on any atom is -0.381 e. The van der Waals surface area contributed by atoms with Crippen LogP contribution in [0.15, 0.2) is 0 Å². The number of hydrogen-bond donors (Lipinski definition) is 1. The van der Waals surface area contributed by atoms with E-state index in [1.165, 1.54) is 0 Å².